The Morgan fingerprint density at radius 3 is 2.18 bits per heavy atom. The van der Waals surface area contributed by atoms with Gasteiger partial charge in [-0.3, -0.25) is 4.79 Å². The van der Waals surface area contributed by atoms with Crippen LogP contribution in [-0.4, -0.2) is 47.0 Å². The number of fused-ring (bicyclic) bond motifs is 4. The van der Waals surface area contributed by atoms with Crippen LogP contribution in [0.2, 0.25) is 0 Å². The third-order valence-electron chi connectivity index (χ3n) is 7.30. The van der Waals surface area contributed by atoms with E-state index in [1.165, 1.54) is 0 Å². The molecule has 1 amide bonds. The molecule has 0 radical (unpaired) electrons. The summed E-state index contributed by atoms with van der Waals surface area (Å²) in [5, 5.41) is 13.3. The Hall–Kier alpha value is -4.59. The van der Waals surface area contributed by atoms with Crippen LogP contribution in [0.25, 0.3) is 22.0 Å². The van der Waals surface area contributed by atoms with E-state index in [9.17, 15) is 19.5 Å². The maximum absolute atomic E-state index is 12.8. The monoisotopic (exact) mass is 526 g/mol. The van der Waals surface area contributed by atoms with Crippen LogP contribution in [0.4, 0.5) is 4.79 Å². The number of alkyl carbamates (subject to hydrolysis) is 1. The van der Waals surface area contributed by atoms with E-state index in [1.54, 1.807) is 6.92 Å². The van der Waals surface area contributed by atoms with Gasteiger partial charge in [-0.2, -0.15) is 0 Å². The van der Waals surface area contributed by atoms with Crippen molar-refractivity contribution < 1.29 is 29.0 Å². The van der Waals surface area contributed by atoms with E-state index in [4.69, 9.17) is 9.47 Å². The fraction of sp³-hybridized carbons (Fsp3) is 0.258. The number of aliphatic carboxylic acids is 1. The Morgan fingerprint density at radius 2 is 1.54 bits per heavy atom. The molecule has 8 nitrogen and oxygen atoms in total. The number of carbonyl (C=O) groups excluding carboxylic acids is 2. The second-order valence-corrected chi connectivity index (χ2v) is 9.54. The van der Waals surface area contributed by atoms with Gasteiger partial charge in [0.15, 0.2) is 0 Å². The minimum Gasteiger partial charge on any atom is -0.480 e. The van der Waals surface area contributed by atoms with Crippen LogP contribution in [0.3, 0.4) is 0 Å². The quantitative estimate of drug-likeness (QED) is 0.296. The molecule has 0 saturated heterocycles. The van der Waals surface area contributed by atoms with Crippen molar-refractivity contribution in [1.29, 1.82) is 0 Å². The van der Waals surface area contributed by atoms with E-state index in [0.717, 1.165) is 44.4 Å². The molecule has 3 aromatic carbocycles. The molecule has 1 aromatic heterocycles. The molecule has 0 fully saturated rings. The number of nitrogens with one attached hydrogen (secondary N) is 1. The summed E-state index contributed by atoms with van der Waals surface area (Å²) in [4.78, 5) is 37.2. The summed E-state index contributed by atoms with van der Waals surface area (Å²) in [7, 11) is 0. The number of nitrogens with zero attached hydrogens (tertiary/aromatic N) is 1. The van der Waals surface area contributed by atoms with Crippen molar-refractivity contribution in [2.24, 2.45) is 0 Å². The minimum atomic E-state index is -1.22. The third-order valence-corrected chi connectivity index (χ3v) is 7.30. The number of carboxylic acids is 1. The van der Waals surface area contributed by atoms with Crippen molar-refractivity contribution in [1.82, 2.24) is 9.88 Å². The molecule has 1 heterocycles. The first-order valence-corrected chi connectivity index (χ1v) is 13.0. The van der Waals surface area contributed by atoms with Gasteiger partial charge in [0.1, 0.15) is 19.2 Å². The molecular weight excluding hydrogens is 496 g/mol. The number of ether oxygens (including phenoxy) is 2. The summed E-state index contributed by atoms with van der Waals surface area (Å²) in [6.07, 6.45) is -0.765. The Kier molecular flexibility index (Phi) is 7.36. The van der Waals surface area contributed by atoms with Crippen LogP contribution in [-0.2, 0) is 32.0 Å². The van der Waals surface area contributed by atoms with Crippen molar-refractivity contribution in [2.45, 2.75) is 38.8 Å². The largest absolute Gasteiger partial charge is 0.480 e. The lowest BCUT2D eigenvalue weighted by Crippen LogP contribution is -2.43. The lowest BCUT2D eigenvalue weighted by Gasteiger charge is -2.18. The molecule has 8 heteroatoms. The highest BCUT2D eigenvalue weighted by atomic mass is 16.5. The van der Waals surface area contributed by atoms with E-state index in [1.807, 2.05) is 72.2 Å². The molecule has 0 aliphatic heterocycles. The van der Waals surface area contributed by atoms with E-state index < -0.39 is 18.1 Å². The predicted molar refractivity (Wildman–Crippen MR) is 147 cm³/mol. The first-order chi connectivity index (χ1) is 18.9. The summed E-state index contributed by atoms with van der Waals surface area (Å²) in [6, 6.07) is 22.3. The highest BCUT2D eigenvalue weighted by Gasteiger charge is 2.30. The zero-order valence-electron chi connectivity index (χ0n) is 21.8. The van der Waals surface area contributed by atoms with Crippen LogP contribution < -0.4 is 5.32 Å². The van der Waals surface area contributed by atoms with Gasteiger partial charge < -0.3 is 24.5 Å². The number of aromatic nitrogens is 1. The maximum atomic E-state index is 12.8. The SMILES string of the molecule is CCOC(=O)Cn1c(C)c(CC(NC(=O)OCC2c3ccccc3-c3ccccc32)C(=O)O)c2ccccc21. The molecule has 200 valence electrons. The number of rotatable bonds is 9. The van der Waals surface area contributed by atoms with E-state index >= 15 is 0 Å². The number of carboxylic acid groups (broad SMARTS) is 1. The average Bonchev–Trinajstić information content (AvgIpc) is 3.39. The van der Waals surface area contributed by atoms with Gasteiger partial charge in [-0.15, -0.1) is 0 Å². The molecule has 1 aliphatic carbocycles. The Balaban J connectivity index is 1.32. The third kappa shape index (κ3) is 5.10. The molecule has 5 rings (SSSR count). The minimum absolute atomic E-state index is 0.0116. The second-order valence-electron chi connectivity index (χ2n) is 9.54. The zero-order chi connectivity index (χ0) is 27.5. The van der Waals surface area contributed by atoms with E-state index in [2.05, 4.69) is 17.4 Å². The van der Waals surface area contributed by atoms with Gasteiger partial charge in [0.25, 0.3) is 0 Å². The molecule has 4 aromatic rings. The average molecular weight is 527 g/mol. The number of hydrogen-bond donors (Lipinski definition) is 2. The summed E-state index contributed by atoms with van der Waals surface area (Å²) in [5.41, 5.74) is 6.65. The van der Waals surface area contributed by atoms with Crippen LogP contribution in [0.15, 0.2) is 72.8 Å². The van der Waals surface area contributed by atoms with Crippen LogP contribution >= 0.6 is 0 Å². The number of hydrogen-bond acceptors (Lipinski definition) is 5. The molecule has 0 spiro atoms. The summed E-state index contributed by atoms with van der Waals surface area (Å²) in [6.45, 7) is 3.95. The van der Waals surface area contributed by atoms with Crippen LogP contribution in [0.5, 0.6) is 0 Å². The second kappa shape index (κ2) is 11.0. The number of carbonyl (C=O) groups is 3. The van der Waals surface area contributed by atoms with Gasteiger partial charge >= 0.3 is 18.0 Å². The lowest BCUT2D eigenvalue weighted by atomic mass is 9.98. The summed E-state index contributed by atoms with van der Waals surface area (Å²) >= 11 is 0. The first-order valence-electron chi connectivity index (χ1n) is 13.0. The van der Waals surface area contributed by atoms with Crippen molar-refractivity contribution in [2.75, 3.05) is 13.2 Å². The number of esters is 1. The number of para-hydroxylation sites is 1. The van der Waals surface area contributed by atoms with Gasteiger partial charge in [0.2, 0.25) is 0 Å². The van der Waals surface area contributed by atoms with E-state index in [-0.39, 0.29) is 38.1 Å². The first kappa shape index (κ1) is 26.0. The Labute approximate surface area is 226 Å². The van der Waals surface area contributed by atoms with Crippen LogP contribution in [0, 0.1) is 6.92 Å². The van der Waals surface area contributed by atoms with Gasteiger partial charge in [-0.1, -0.05) is 66.7 Å². The zero-order valence-corrected chi connectivity index (χ0v) is 21.8. The van der Waals surface area contributed by atoms with Gasteiger partial charge in [0, 0.05) is 28.9 Å². The van der Waals surface area contributed by atoms with Crippen LogP contribution in [0.1, 0.15) is 35.2 Å². The van der Waals surface area contributed by atoms with Crippen molar-refractivity contribution in [3.8, 4) is 11.1 Å². The highest BCUT2D eigenvalue weighted by molar-refractivity contribution is 5.88. The molecule has 2 N–H and O–H groups in total. The van der Waals surface area contributed by atoms with Gasteiger partial charge in [0.05, 0.1) is 6.61 Å². The standard InChI is InChI=1S/C31H30N2O6/c1-3-38-29(34)17-33-19(2)25(24-14-8-9-15-28(24)33)16-27(30(35)36)32-31(37)39-18-26-22-12-6-4-10-20(22)21-11-5-7-13-23(21)26/h4-15,26-27H,3,16-18H2,1-2H3,(H,32,37)(H,35,36). The predicted octanol–water partition coefficient (Wildman–Crippen LogP) is 5.05. The molecule has 1 aliphatic rings. The van der Waals surface area contributed by atoms with Crippen molar-refractivity contribution in [3.63, 3.8) is 0 Å². The fourth-order valence-corrected chi connectivity index (χ4v) is 5.49. The number of amides is 1. The normalized spacial score (nSPS) is 13.0. The van der Waals surface area contributed by atoms with Crippen molar-refractivity contribution in [3.05, 3.63) is 95.2 Å². The summed E-state index contributed by atoms with van der Waals surface area (Å²) in [5.74, 6) is -1.68. The molecule has 1 unspecified atom stereocenters. The fourth-order valence-electron chi connectivity index (χ4n) is 5.49. The van der Waals surface area contributed by atoms with E-state index in [0.29, 0.717) is 0 Å². The van der Waals surface area contributed by atoms with Gasteiger partial charge in [-0.05, 0) is 47.7 Å². The molecule has 1 atom stereocenters. The summed E-state index contributed by atoms with van der Waals surface area (Å²) < 4.78 is 12.5. The lowest BCUT2D eigenvalue weighted by molar-refractivity contribution is -0.144. The number of benzene rings is 3. The molecular formula is C31H30N2O6. The highest BCUT2D eigenvalue weighted by Crippen LogP contribution is 2.44. The maximum Gasteiger partial charge on any atom is 0.407 e. The molecule has 0 saturated carbocycles. The van der Waals surface area contributed by atoms with Crippen molar-refractivity contribution >= 4 is 28.9 Å². The smallest absolute Gasteiger partial charge is 0.407 e. The van der Waals surface area contributed by atoms with Gasteiger partial charge in [-0.25, -0.2) is 9.59 Å². The molecule has 0 bridgehead atoms. The molecule has 39 heavy (non-hydrogen) atoms. The topological polar surface area (TPSA) is 107 Å². The Morgan fingerprint density at radius 1 is 0.923 bits per heavy atom. The Bertz CT molecular complexity index is 1510.